The molecule has 0 aliphatic carbocycles. The Balaban J connectivity index is 2.25. The minimum absolute atomic E-state index is 0.0513. The van der Waals surface area contributed by atoms with Crippen LogP contribution in [0.3, 0.4) is 0 Å². The Labute approximate surface area is 101 Å². The number of hydrogen-bond acceptors (Lipinski definition) is 7. The monoisotopic (exact) mass is 252 g/mol. The van der Waals surface area contributed by atoms with E-state index in [-0.39, 0.29) is 12.4 Å². The van der Waals surface area contributed by atoms with E-state index in [1.54, 1.807) is 6.92 Å². The lowest BCUT2D eigenvalue weighted by atomic mass is 10.5. The minimum Gasteiger partial charge on any atom is -0.355 e. The molecule has 2 heterocycles. The van der Waals surface area contributed by atoms with Crippen LogP contribution in [-0.2, 0) is 20.6 Å². The number of rotatable bonds is 3. The van der Waals surface area contributed by atoms with Crippen molar-refractivity contribution in [1.82, 2.24) is 24.5 Å². The second-order valence-electron chi connectivity index (χ2n) is 3.71. The zero-order chi connectivity index (χ0) is 13.3. The third-order valence-corrected chi connectivity index (χ3v) is 2.30. The molecule has 0 unspecified atom stereocenters. The molecule has 0 saturated heterocycles. The fourth-order valence-corrected chi connectivity index (χ4v) is 1.38. The molecule has 96 valence electrons. The molecule has 0 amide bonds. The van der Waals surface area contributed by atoms with Crippen molar-refractivity contribution in [2.45, 2.75) is 13.5 Å². The molecule has 9 heteroatoms. The van der Waals surface area contributed by atoms with Gasteiger partial charge in [-0.1, -0.05) is 5.16 Å². The number of aryl methyl sites for hydroxylation is 2. The van der Waals surface area contributed by atoms with E-state index in [1.807, 2.05) is 0 Å². The quantitative estimate of drug-likeness (QED) is 0.729. The van der Waals surface area contributed by atoms with Crippen molar-refractivity contribution in [1.29, 1.82) is 0 Å². The van der Waals surface area contributed by atoms with Crippen molar-refractivity contribution in [3.63, 3.8) is 0 Å². The molecule has 2 rings (SSSR count). The SMILES string of the molecule is Cc1noc(CNc2nn(C)c(=O)n(C)c2=O)n1. The Morgan fingerprint density at radius 1 is 1.33 bits per heavy atom. The number of aromatic nitrogens is 5. The average Bonchev–Trinajstić information content (AvgIpc) is 2.75. The molecule has 2 aromatic rings. The topological polar surface area (TPSA) is 108 Å². The van der Waals surface area contributed by atoms with Gasteiger partial charge in [-0.15, -0.1) is 5.10 Å². The van der Waals surface area contributed by atoms with Crippen LogP contribution >= 0.6 is 0 Å². The lowest BCUT2D eigenvalue weighted by molar-refractivity contribution is 0.379. The van der Waals surface area contributed by atoms with Gasteiger partial charge in [-0.05, 0) is 6.92 Å². The predicted octanol–water partition coefficient (Wildman–Crippen LogP) is -1.22. The van der Waals surface area contributed by atoms with Gasteiger partial charge in [0.05, 0.1) is 6.54 Å². The first-order valence-electron chi connectivity index (χ1n) is 5.16. The lowest BCUT2D eigenvalue weighted by Crippen LogP contribution is -2.39. The molecule has 0 fully saturated rings. The molecule has 0 spiro atoms. The molecule has 0 atom stereocenters. The normalized spacial score (nSPS) is 10.6. The third-order valence-electron chi connectivity index (χ3n) is 2.30. The van der Waals surface area contributed by atoms with Gasteiger partial charge in [0.15, 0.2) is 5.82 Å². The van der Waals surface area contributed by atoms with Gasteiger partial charge in [-0.3, -0.25) is 9.36 Å². The summed E-state index contributed by atoms with van der Waals surface area (Å²) in [5.74, 6) is 0.897. The van der Waals surface area contributed by atoms with E-state index in [1.165, 1.54) is 14.1 Å². The van der Waals surface area contributed by atoms with Crippen molar-refractivity contribution in [3.8, 4) is 0 Å². The van der Waals surface area contributed by atoms with Crippen molar-refractivity contribution in [2.75, 3.05) is 5.32 Å². The van der Waals surface area contributed by atoms with Crippen molar-refractivity contribution >= 4 is 5.82 Å². The van der Waals surface area contributed by atoms with Crippen LogP contribution in [0.2, 0.25) is 0 Å². The Morgan fingerprint density at radius 2 is 2.06 bits per heavy atom. The Hall–Kier alpha value is -2.45. The molecule has 0 saturated carbocycles. The summed E-state index contributed by atoms with van der Waals surface area (Å²) in [5.41, 5.74) is -0.992. The highest BCUT2D eigenvalue weighted by Crippen LogP contribution is 1.98. The predicted molar refractivity (Wildman–Crippen MR) is 61.1 cm³/mol. The fourth-order valence-electron chi connectivity index (χ4n) is 1.38. The van der Waals surface area contributed by atoms with Gasteiger partial charge in [0.25, 0.3) is 5.56 Å². The van der Waals surface area contributed by atoms with Crippen molar-refractivity contribution in [2.24, 2.45) is 14.1 Å². The highest BCUT2D eigenvalue weighted by atomic mass is 16.5. The van der Waals surface area contributed by atoms with E-state index in [9.17, 15) is 9.59 Å². The van der Waals surface area contributed by atoms with Crippen LogP contribution in [0.25, 0.3) is 0 Å². The van der Waals surface area contributed by atoms with E-state index in [4.69, 9.17) is 4.52 Å². The number of nitrogens with one attached hydrogen (secondary N) is 1. The Morgan fingerprint density at radius 3 is 2.67 bits per heavy atom. The first-order valence-corrected chi connectivity index (χ1v) is 5.16. The van der Waals surface area contributed by atoms with Crippen LogP contribution in [0.4, 0.5) is 5.82 Å². The van der Waals surface area contributed by atoms with Crippen molar-refractivity contribution < 1.29 is 4.52 Å². The summed E-state index contributed by atoms with van der Waals surface area (Å²) in [4.78, 5) is 27.1. The first kappa shape index (κ1) is 12.0. The molecule has 0 aliphatic rings. The van der Waals surface area contributed by atoms with Crippen LogP contribution in [0.5, 0.6) is 0 Å². The van der Waals surface area contributed by atoms with E-state index in [0.29, 0.717) is 11.7 Å². The number of anilines is 1. The molecular weight excluding hydrogens is 240 g/mol. The van der Waals surface area contributed by atoms with E-state index < -0.39 is 11.2 Å². The zero-order valence-corrected chi connectivity index (χ0v) is 10.2. The zero-order valence-electron chi connectivity index (χ0n) is 10.2. The largest absolute Gasteiger partial charge is 0.355 e. The molecule has 0 bridgehead atoms. The molecule has 18 heavy (non-hydrogen) atoms. The summed E-state index contributed by atoms with van der Waals surface area (Å²) in [6, 6.07) is 0. The molecule has 0 radical (unpaired) electrons. The molecule has 2 aromatic heterocycles. The maximum Gasteiger partial charge on any atom is 0.346 e. The minimum atomic E-state index is -0.505. The first-order chi connectivity index (χ1) is 8.49. The fraction of sp³-hybridized carbons (Fsp3) is 0.444. The highest BCUT2D eigenvalue weighted by Gasteiger charge is 2.09. The van der Waals surface area contributed by atoms with Crippen LogP contribution in [0.15, 0.2) is 14.1 Å². The smallest absolute Gasteiger partial charge is 0.346 e. The van der Waals surface area contributed by atoms with Crippen LogP contribution < -0.4 is 16.6 Å². The van der Waals surface area contributed by atoms with Gasteiger partial charge >= 0.3 is 5.69 Å². The van der Waals surface area contributed by atoms with E-state index in [2.05, 4.69) is 20.6 Å². The summed E-state index contributed by atoms with van der Waals surface area (Å²) in [7, 11) is 2.85. The average molecular weight is 252 g/mol. The molecule has 1 N–H and O–H groups in total. The second kappa shape index (κ2) is 4.43. The Kier molecular flexibility index (Phi) is 2.96. The second-order valence-corrected chi connectivity index (χ2v) is 3.71. The van der Waals surface area contributed by atoms with E-state index in [0.717, 1.165) is 9.25 Å². The maximum absolute atomic E-state index is 11.7. The van der Waals surface area contributed by atoms with Gasteiger partial charge in [0.2, 0.25) is 11.7 Å². The summed E-state index contributed by atoms with van der Waals surface area (Å²) < 4.78 is 6.92. The van der Waals surface area contributed by atoms with Gasteiger partial charge in [0.1, 0.15) is 0 Å². The third kappa shape index (κ3) is 2.14. The maximum atomic E-state index is 11.7. The molecule has 9 nitrogen and oxygen atoms in total. The van der Waals surface area contributed by atoms with Crippen LogP contribution in [-0.4, -0.2) is 24.5 Å². The van der Waals surface area contributed by atoms with E-state index >= 15 is 0 Å². The summed E-state index contributed by atoms with van der Waals surface area (Å²) in [6.45, 7) is 1.86. The lowest BCUT2D eigenvalue weighted by Gasteiger charge is -2.05. The summed E-state index contributed by atoms with van der Waals surface area (Å²) in [5, 5.41) is 10.2. The van der Waals surface area contributed by atoms with Gasteiger partial charge in [-0.25, -0.2) is 9.48 Å². The number of hydrogen-bond donors (Lipinski definition) is 1. The standard InChI is InChI=1S/C9H12N6O3/c1-5-11-6(18-13-5)4-10-7-8(16)14(2)9(17)15(3)12-7/h4H2,1-3H3,(H,10,12). The Bertz CT molecular complexity index is 682. The van der Waals surface area contributed by atoms with Gasteiger partial charge in [-0.2, -0.15) is 4.98 Å². The van der Waals surface area contributed by atoms with Gasteiger partial charge in [0, 0.05) is 14.1 Å². The number of nitrogens with zero attached hydrogens (tertiary/aromatic N) is 5. The molecule has 0 aromatic carbocycles. The summed E-state index contributed by atoms with van der Waals surface area (Å²) in [6.07, 6.45) is 0. The van der Waals surface area contributed by atoms with Crippen molar-refractivity contribution in [3.05, 3.63) is 32.6 Å². The molecular formula is C9H12N6O3. The van der Waals surface area contributed by atoms with Crippen LogP contribution in [0, 0.1) is 6.92 Å². The summed E-state index contributed by atoms with van der Waals surface area (Å²) >= 11 is 0. The van der Waals surface area contributed by atoms with Crippen LogP contribution in [0.1, 0.15) is 11.7 Å². The van der Waals surface area contributed by atoms with Gasteiger partial charge < -0.3 is 9.84 Å². The highest BCUT2D eigenvalue weighted by molar-refractivity contribution is 5.29. The molecule has 0 aliphatic heterocycles.